The molecule has 0 radical (unpaired) electrons. The lowest BCUT2D eigenvalue weighted by Crippen LogP contribution is -1.97. The van der Waals surface area contributed by atoms with E-state index >= 15 is 0 Å². The largest absolute Gasteiger partial charge is 0.248 e. The summed E-state index contributed by atoms with van der Waals surface area (Å²) < 4.78 is 0. The Balaban J connectivity index is 0.000000236. The van der Waals surface area contributed by atoms with Crippen LogP contribution in [-0.2, 0) is 0 Å². The maximum atomic E-state index is 4.79. The van der Waals surface area contributed by atoms with Gasteiger partial charge >= 0.3 is 0 Å². The van der Waals surface area contributed by atoms with Gasteiger partial charge in [0, 0.05) is 11.5 Å². The Labute approximate surface area is 156 Å². The van der Waals surface area contributed by atoms with Crippen LogP contribution < -0.4 is 0 Å². The van der Waals surface area contributed by atoms with E-state index in [0.29, 0.717) is 5.92 Å². The lowest BCUT2D eigenvalue weighted by Gasteiger charge is -2.03. The Morgan fingerprint density at radius 3 is 1.92 bits per heavy atom. The van der Waals surface area contributed by atoms with E-state index in [0.717, 1.165) is 17.0 Å². The molecule has 130 valence electrons. The van der Waals surface area contributed by atoms with Gasteiger partial charge in [-0.3, -0.25) is 0 Å². The van der Waals surface area contributed by atoms with Gasteiger partial charge in [-0.15, -0.1) is 0 Å². The van der Waals surface area contributed by atoms with E-state index in [1.807, 2.05) is 18.2 Å². The van der Waals surface area contributed by atoms with Crippen LogP contribution in [0.2, 0.25) is 0 Å². The summed E-state index contributed by atoms with van der Waals surface area (Å²) in [5, 5.41) is 0. The van der Waals surface area contributed by atoms with Crippen LogP contribution in [0, 0.1) is 13.8 Å². The molecule has 0 aliphatic heterocycles. The normalized spacial score (nSPS) is 16.8. The van der Waals surface area contributed by atoms with E-state index in [-0.39, 0.29) is 0 Å². The van der Waals surface area contributed by atoms with Gasteiger partial charge < -0.3 is 0 Å². The number of aryl methyl sites for hydroxylation is 2. The van der Waals surface area contributed by atoms with Gasteiger partial charge in [0.15, 0.2) is 0 Å². The number of aliphatic imine (C=N–C) groups is 1. The molecule has 1 unspecified atom stereocenters. The first-order valence-electron chi connectivity index (χ1n) is 9.01. The van der Waals surface area contributed by atoms with E-state index in [4.69, 9.17) is 4.99 Å². The Morgan fingerprint density at radius 1 is 0.731 bits per heavy atom. The number of benzene rings is 3. The van der Waals surface area contributed by atoms with Crippen LogP contribution in [-0.4, -0.2) is 5.71 Å². The van der Waals surface area contributed by atoms with Crippen LogP contribution in [0.5, 0.6) is 0 Å². The summed E-state index contributed by atoms with van der Waals surface area (Å²) in [6, 6.07) is 27.0. The van der Waals surface area contributed by atoms with Gasteiger partial charge in [-0.1, -0.05) is 91.4 Å². The Bertz CT molecular complexity index is 918. The zero-order valence-corrected chi connectivity index (χ0v) is 15.7. The molecule has 1 aliphatic carbocycles. The second kappa shape index (κ2) is 7.97. The molecule has 0 saturated carbocycles. The summed E-state index contributed by atoms with van der Waals surface area (Å²) in [6.07, 6.45) is 0. The first-order valence-corrected chi connectivity index (χ1v) is 9.01. The molecule has 0 spiro atoms. The molecule has 1 atom stereocenters. The van der Waals surface area contributed by atoms with Crippen molar-refractivity contribution in [3.8, 4) is 0 Å². The molecule has 4 rings (SSSR count). The summed E-state index contributed by atoms with van der Waals surface area (Å²) in [4.78, 5) is 4.79. The summed E-state index contributed by atoms with van der Waals surface area (Å²) in [5.74, 6) is 0.361. The predicted molar refractivity (Wildman–Crippen MR) is 113 cm³/mol. The summed E-state index contributed by atoms with van der Waals surface area (Å²) in [6.45, 7) is 10.6. The van der Waals surface area contributed by atoms with Crippen molar-refractivity contribution in [2.45, 2.75) is 26.7 Å². The highest BCUT2D eigenvalue weighted by atomic mass is 14.8. The molecule has 0 saturated heterocycles. The summed E-state index contributed by atoms with van der Waals surface area (Å²) >= 11 is 0. The fourth-order valence-corrected chi connectivity index (χ4v) is 3.07. The molecule has 1 heteroatoms. The molecule has 3 aromatic rings. The SMILES string of the molecule is C=C1C(=Nc2ccc(C)cc2)c2ccccc2C1C.Cc1ccccc1. The quantitative estimate of drug-likeness (QED) is 0.463. The Kier molecular flexibility index (Phi) is 5.48. The fourth-order valence-electron chi connectivity index (χ4n) is 3.07. The lowest BCUT2D eigenvalue weighted by molar-refractivity contribution is 0.965. The Morgan fingerprint density at radius 2 is 1.31 bits per heavy atom. The molecule has 0 heterocycles. The molecule has 26 heavy (non-hydrogen) atoms. The minimum Gasteiger partial charge on any atom is -0.248 e. The number of rotatable bonds is 1. The molecule has 3 aromatic carbocycles. The average Bonchev–Trinajstić information content (AvgIpc) is 2.90. The van der Waals surface area contributed by atoms with Crippen molar-refractivity contribution in [1.82, 2.24) is 0 Å². The number of hydrogen-bond acceptors (Lipinski definition) is 1. The fraction of sp³-hybridized carbons (Fsp3) is 0.160. The van der Waals surface area contributed by atoms with E-state index in [9.17, 15) is 0 Å². The maximum Gasteiger partial charge on any atom is 0.0744 e. The predicted octanol–water partition coefficient (Wildman–Crippen LogP) is 6.78. The lowest BCUT2D eigenvalue weighted by atomic mass is 10.0. The van der Waals surface area contributed by atoms with E-state index in [2.05, 4.69) is 88.0 Å². The molecule has 1 nitrogen and oxygen atoms in total. The van der Waals surface area contributed by atoms with Crippen molar-refractivity contribution in [2.75, 3.05) is 0 Å². The second-order valence-corrected chi connectivity index (χ2v) is 6.78. The van der Waals surface area contributed by atoms with Crippen LogP contribution in [0.1, 0.15) is 35.1 Å². The van der Waals surface area contributed by atoms with Crippen molar-refractivity contribution >= 4 is 11.4 Å². The van der Waals surface area contributed by atoms with Crippen LogP contribution in [0.15, 0.2) is 96.0 Å². The van der Waals surface area contributed by atoms with Gasteiger partial charge in [0.2, 0.25) is 0 Å². The molecule has 0 aromatic heterocycles. The molecular formula is C25H25N. The van der Waals surface area contributed by atoms with Gasteiger partial charge in [-0.05, 0) is 37.1 Å². The minimum absolute atomic E-state index is 0.361. The number of hydrogen-bond donors (Lipinski definition) is 0. The van der Waals surface area contributed by atoms with Gasteiger partial charge in [0.05, 0.1) is 11.4 Å². The highest BCUT2D eigenvalue weighted by Gasteiger charge is 2.27. The van der Waals surface area contributed by atoms with Crippen LogP contribution in [0.25, 0.3) is 0 Å². The monoisotopic (exact) mass is 339 g/mol. The third-order valence-electron chi connectivity index (χ3n) is 4.72. The third-order valence-corrected chi connectivity index (χ3v) is 4.72. The van der Waals surface area contributed by atoms with E-state index < -0.39 is 0 Å². The van der Waals surface area contributed by atoms with Crippen molar-refractivity contribution in [1.29, 1.82) is 0 Å². The smallest absolute Gasteiger partial charge is 0.0744 e. The molecule has 0 fully saturated rings. The van der Waals surface area contributed by atoms with Gasteiger partial charge in [-0.2, -0.15) is 0 Å². The van der Waals surface area contributed by atoms with Crippen LogP contribution >= 0.6 is 0 Å². The number of nitrogens with zero attached hydrogens (tertiary/aromatic N) is 1. The van der Waals surface area contributed by atoms with E-state index in [1.165, 1.54) is 22.3 Å². The molecular weight excluding hydrogens is 314 g/mol. The zero-order valence-electron chi connectivity index (χ0n) is 15.7. The van der Waals surface area contributed by atoms with Gasteiger partial charge in [0.1, 0.15) is 0 Å². The van der Waals surface area contributed by atoms with Crippen molar-refractivity contribution < 1.29 is 0 Å². The van der Waals surface area contributed by atoms with Crippen LogP contribution in [0.4, 0.5) is 5.69 Å². The number of fused-ring (bicyclic) bond motifs is 1. The van der Waals surface area contributed by atoms with Gasteiger partial charge in [-0.25, -0.2) is 4.99 Å². The van der Waals surface area contributed by atoms with E-state index in [1.54, 1.807) is 0 Å². The molecule has 0 N–H and O–H groups in total. The van der Waals surface area contributed by atoms with Crippen LogP contribution in [0.3, 0.4) is 0 Å². The van der Waals surface area contributed by atoms with Crippen molar-refractivity contribution in [3.05, 3.63) is 113 Å². The topological polar surface area (TPSA) is 12.4 Å². The standard InChI is InChI=1S/C18H17N.C7H8/c1-12-8-10-15(11-9-12)19-18-14(3)13(2)16-6-4-5-7-17(16)18;1-7-5-3-2-4-6-7/h4-11,13H,3H2,1-2H3;2-6H,1H3. The molecule has 0 bridgehead atoms. The molecule has 1 aliphatic rings. The van der Waals surface area contributed by atoms with Gasteiger partial charge in [0.25, 0.3) is 0 Å². The average molecular weight is 339 g/mol. The molecule has 0 amide bonds. The van der Waals surface area contributed by atoms with Crippen molar-refractivity contribution in [2.24, 2.45) is 4.99 Å². The third kappa shape index (κ3) is 4.00. The Hall–Kier alpha value is -2.93. The summed E-state index contributed by atoms with van der Waals surface area (Å²) in [7, 11) is 0. The first-order chi connectivity index (χ1) is 12.6. The first kappa shape index (κ1) is 17.9. The number of allylic oxidation sites excluding steroid dienone is 1. The minimum atomic E-state index is 0.361. The maximum absolute atomic E-state index is 4.79. The zero-order chi connectivity index (χ0) is 18.5. The summed E-state index contributed by atoms with van der Waals surface area (Å²) in [5.41, 5.74) is 8.27. The van der Waals surface area contributed by atoms with Crippen molar-refractivity contribution in [3.63, 3.8) is 0 Å². The second-order valence-electron chi connectivity index (χ2n) is 6.78. The highest BCUT2D eigenvalue weighted by molar-refractivity contribution is 6.18. The highest BCUT2D eigenvalue weighted by Crippen LogP contribution is 2.37.